The Kier molecular flexibility index (Phi) is 9.98. The third kappa shape index (κ3) is 7.67. The number of sulfone groups is 1. The van der Waals surface area contributed by atoms with E-state index in [0.29, 0.717) is 0 Å². The molecule has 3 rings (SSSR count). The molecule has 9 nitrogen and oxygen atoms in total. The van der Waals surface area contributed by atoms with E-state index in [2.05, 4.69) is 15.2 Å². The largest absolute Gasteiger partial charge is 0.434 e. The second kappa shape index (κ2) is 12.4. The van der Waals surface area contributed by atoms with Crippen LogP contribution in [-0.4, -0.2) is 76.9 Å². The van der Waals surface area contributed by atoms with Crippen molar-refractivity contribution in [1.29, 1.82) is 0 Å². The van der Waals surface area contributed by atoms with Crippen molar-refractivity contribution < 1.29 is 50.1 Å². The number of rotatable bonds is 10. The lowest BCUT2D eigenvalue weighted by Gasteiger charge is -2.39. The van der Waals surface area contributed by atoms with Crippen LogP contribution < -0.4 is 10.1 Å². The van der Waals surface area contributed by atoms with Crippen LogP contribution in [0.1, 0.15) is 49.2 Å². The Morgan fingerprint density at radius 2 is 2.00 bits per heavy atom. The van der Waals surface area contributed by atoms with Crippen LogP contribution in [0.15, 0.2) is 18.2 Å². The molecule has 1 unspecified atom stereocenters. The summed E-state index contributed by atoms with van der Waals surface area (Å²) in [5.74, 6) is -3.08. The third-order valence-corrected chi connectivity index (χ3v) is 9.19. The molecule has 1 aromatic heterocycles. The van der Waals surface area contributed by atoms with Gasteiger partial charge in [-0.25, -0.2) is 8.42 Å². The Hall–Kier alpha value is -2.49. The standard InChI is InChI=1S/C25H31ClF5N3O6S/c1-4-34-21(16-6-5-14(9-13(2)25(29,30)31)10-17(16)40-23(27)28)19(26)20(33-34)22(36)32-12-24(37)8-7-15(11-18(24)35)41(3,38)39/h5-6,10,13,15,18,23,35,37H,4,7-9,11-12H2,1-3H3,(H,32,36)/t13-,15?,18+,24+/m1/s1. The Morgan fingerprint density at radius 3 is 2.54 bits per heavy atom. The molecule has 41 heavy (non-hydrogen) atoms. The predicted octanol–water partition coefficient (Wildman–Crippen LogP) is 3.98. The van der Waals surface area contributed by atoms with Gasteiger partial charge in [0.05, 0.1) is 28.0 Å². The minimum Gasteiger partial charge on any atom is -0.434 e. The number of carbonyl (C=O) groups excluding carboxylic acids is 1. The number of nitrogens with one attached hydrogen (secondary N) is 1. The smallest absolute Gasteiger partial charge is 0.391 e. The first kappa shape index (κ1) is 33.0. The quantitative estimate of drug-likeness (QED) is 0.338. The second-order valence-electron chi connectivity index (χ2n) is 10.2. The maximum atomic E-state index is 13.3. The highest BCUT2D eigenvalue weighted by Crippen LogP contribution is 2.39. The first-order valence-corrected chi connectivity index (χ1v) is 15.0. The van der Waals surface area contributed by atoms with E-state index in [1.54, 1.807) is 6.92 Å². The number of aliphatic hydroxyl groups is 2. The van der Waals surface area contributed by atoms with Crippen molar-refractivity contribution in [3.05, 3.63) is 34.5 Å². The van der Waals surface area contributed by atoms with Crippen LogP contribution in [0.2, 0.25) is 5.02 Å². The number of hydrogen-bond donors (Lipinski definition) is 3. The maximum absolute atomic E-state index is 13.3. The number of carbonyl (C=O) groups is 1. The molecule has 4 atom stereocenters. The zero-order valence-corrected chi connectivity index (χ0v) is 24.0. The van der Waals surface area contributed by atoms with E-state index < -0.39 is 70.1 Å². The van der Waals surface area contributed by atoms with Crippen molar-refractivity contribution in [3.63, 3.8) is 0 Å². The van der Waals surface area contributed by atoms with E-state index in [4.69, 9.17) is 11.6 Å². The highest BCUT2D eigenvalue weighted by atomic mass is 35.5. The van der Waals surface area contributed by atoms with Gasteiger partial charge >= 0.3 is 12.8 Å². The molecule has 1 amide bonds. The van der Waals surface area contributed by atoms with E-state index >= 15 is 0 Å². The molecular weight excluding hydrogens is 601 g/mol. The summed E-state index contributed by atoms with van der Waals surface area (Å²) in [6, 6.07) is 3.62. The van der Waals surface area contributed by atoms with Crippen molar-refractivity contribution in [2.24, 2.45) is 5.92 Å². The Labute approximate surface area is 238 Å². The molecule has 1 heterocycles. The van der Waals surface area contributed by atoms with Crippen molar-refractivity contribution in [2.45, 2.75) is 75.8 Å². The van der Waals surface area contributed by atoms with Crippen LogP contribution >= 0.6 is 11.6 Å². The van der Waals surface area contributed by atoms with Crippen LogP contribution in [0.25, 0.3) is 11.3 Å². The molecule has 1 aromatic carbocycles. The number of ether oxygens (including phenoxy) is 1. The van der Waals surface area contributed by atoms with Crippen LogP contribution in [0.5, 0.6) is 5.75 Å². The molecule has 0 aliphatic heterocycles. The number of aliphatic hydroxyl groups excluding tert-OH is 1. The highest BCUT2D eigenvalue weighted by Gasteiger charge is 2.44. The average Bonchev–Trinajstić information content (AvgIpc) is 3.19. The minimum absolute atomic E-state index is 0.00204. The van der Waals surface area contributed by atoms with Crippen molar-refractivity contribution >= 4 is 27.3 Å². The van der Waals surface area contributed by atoms with E-state index in [-0.39, 0.29) is 53.3 Å². The zero-order valence-electron chi connectivity index (χ0n) is 22.4. The number of benzene rings is 1. The third-order valence-electron chi connectivity index (χ3n) is 7.19. The van der Waals surface area contributed by atoms with Crippen LogP contribution in [0.3, 0.4) is 0 Å². The number of aryl methyl sites for hydroxylation is 1. The van der Waals surface area contributed by atoms with Crippen molar-refractivity contribution in [1.82, 2.24) is 15.1 Å². The molecule has 2 aromatic rings. The summed E-state index contributed by atoms with van der Waals surface area (Å²) >= 11 is 6.47. The molecule has 1 aliphatic carbocycles. The van der Waals surface area contributed by atoms with Crippen molar-refractivity contribution in [3.8, 4) is 17.0 Å². The topological polar surface area (TPSA) is 131 Å². The maximum Gasteiger partial charge on any atom is 0.391 e. The number of amides is 1. The van der Waals surface area contributed by atoms with E-state index in [1.165, 1.54) is 16.8 Å². The van der Waals surface area contributed by atoms with Gasteiger partial charge in [-0.2, -0.15) is 27.1 Å². The zero-order chi connectivity index (χ0) is 30.9. The monoisotopic (exact) mass is 631 g/mol. The van der Waals surface area contributed by atoms with E-state index in [1.807, 2.05) is 0 Å². The molecule has 230 valence electrons. The van der Waals surface area contributed by atoms with Crippen LogP contribution in [0.4, 0.5) is 22.0 Å². The summed E-state index contributed by atoms with van der Waals surface area (Å²) in [6.45, 7) is -1.07. The molecule has 0 spiro atoms. The Balaban J connectivity index is 1.89. The van der Waals surface area contributed by atoms with Gasteiger partial charge in [-0.15, -0.1) is 0 Å². The molecule has 16 heteroatoms. The van der Waals surface area contributed by atoms with Gasteiger partial charge < -0.3 is 20.3 Å². The van der Waals surface area contributed by atoms with Crippen LogP contribution in [0, 0.1) is 5.92 Å². The SMILES string of the molecule is CCn1nc(C(=O)NC[C@@]2(O)CCC(S(C)(=O)=O)C[C@@H]2O)c(Cl)c1-c1ccc(C[C@@H](C)C(F)(F)F)cc1OC(F)F. The first-order valence-electron chi connectivity index (χ1n) is 12.7. The molecule has 0 bridgehead atoms. The van der Waals surface area contributed by atoms with Gasteiger partial charge in [-0.3, -0.25) is 9.48 Å². The van der Waals surface area contributed by atoms with Gasteiger partial charge in [0.15, 0.2) is 5.69 Å². The lowest BCUT2D eigenvalue weighted by atomic mass is 9.82. The van der Waals surface area contributed by atoms with Crippen LogP contribution in [-0.2, 0) is 22.8 Å². The van der Waals surface area contributed by atoms with Gasteiger partial charge in [0.1, 0.15) is 21.2 Å². The highest BCUT2D eigenvalue weighted by molar-refractivity contribution is 7.91. The second-order valence-corrected chi connectivity index (χ2v) is 12.9. The fourth-order valence-electron chi connectivity index (χ4n) is 4.70. The predicted molar refractivity (Wildman–Crippen MR) is 140 cm³/mol. The summed E-state index contributed by atoms with van der Waals surface area (Å²) in [4.78, 5) is 13.0. The minimum atomic E-state index is -4.50. The molecule has 1 saturated carbocycles. The molecule has 3 N–H and O–H groups in total. The van der Waals surface area contributed by atoms with Gasteiger partial charge in [-0.05, 0) is 50.3 Å². The summed E-state index contributed by atoms with van der Waals surface area (Å²) in [5, 5.41) is 26.7. The summed E-state index contributed by atoms with van der Waals surface area (Å²) in [6.07, 6.45) is -5.64. The summed E-state index contributed by atoms with van der Waals surface area (Å²) in [7, 11) is -3.44. The number of halogens is 6. The number of aromatic nitrogens is 2. The molecular formula is C25H31ClF5N3O6S. The normalized spacial score (nSPS) is 22.5. The summed E-state index contributed by atoms with van der Waals surface area (Å²) < 4.78 is 95.1. The van der Waals surface area contributed by atoms with Gasteiger partial charge in [0.25, 0.3) is 5.91 Å². The van der Waals surface area contributed by atoms with Gasteiger partial charge in [0, 0.05) is 24.9 Å². The molecule has 0 radical (unpaired) electrons. The number of hydrogen-bond acceptors (Lipinski definition) is 7. The Morgan fingerprint density at radius 1 is 1.34 bits per heavy atom. The average molecular weight is 632 g/mol. The summed E-state index contributed by atoms with van der Waals surface area (Å²) in [5.41, 5.74) is -2.12. The number of alkyl halides is 5. The number of nitrogens with zero attached hydrogens (tertiary/aromatic N) is 2. The van der Waals surface area contributed by atoms with Crippen molar-refractivity contribution in [2.75, 3.05) is 12.8 Å². The fraction of sp³-hybridized carbons (Fsp3) is 0.600. The molecule has 1 fully saturated rings. The van der Waals surface area contributed by atoms with Gasteiger partial charge in [0.2, 0.25) is 0 Å². The lowest BCUT2D eigenvalue weighted by molar-refractivity contribution is -0.169. The first-order chi connectivity index (χ1) is 18.9. The van der Waals surface area contributed by atoms with Gasteiger partial charge in [-0.1, -0.05) is 24.6 Å². The Bertz CT molecular complexity index is 1370. The van der Waals surface area contributed by atoms with E-state index in [9.17, 15) is 45.4 Å². The fourth-order valence-corrected chi connectivity index (χ4v) is 6.10. The molecule has 1 aliphatic rings. The lowest BCUT2D eigenvalue weighted by Crippen LogP contribution is -2.56. The van der Waals surface area contributed by atoms with E-state index in [0.717, 1.165) is 19.2 Å². The molecule has 0 saturated heterocycles.